The average molecular weight is 404 g/mol. The van der Waals surface area contributed by atoms with Crippen molar-refractivity contribution in [2.45, 2.75) is 75.7 Å². The Morgan fingerprint density at radius 1 is 1.14 bits per heavy atom. The molecule has 120 valence electrons. The van der Waals surface area contributed by atoms with Crippen molar-refractivity contribution in [3.05, 3.63) is 0 Å². The van der Waals surface area contributed by atoms with Gasteiger partial charge in [0.25, 0.3) is 0 Å². The van der Waals surface area contributed by atoms with E-state index >= 15 is 0 Å². The minimum Gasteiger partial charge on any atom is -0.391 e. The number of halogens is 1. The summed E-state index contributed by atoms with van der Waals surface area (Å²) in [6.07, 6.45) is 5.88. The van der Waals surface area contributed by atoms with E-state index in [1.807, 2.05) is 0 Å². The molecule has 0 heterocycles. The van der Waals surface area contributed by atoms with Gasteiger partial charge in [-0.3, -0.25) is 4.79 Å². The van der Waals surface area contributed by atoms with Crippen LogP contribution < -0.4 is 0 Å². The summed E-state index contributed by atoms with van der Waals surface area (Å²) in [6, 6.07) is 0. The quantitative estimate of drug-likeness (QED) is 0.481. The van der Waals surface area contributed by atoms with Crippen molar-refractivity contribution in [1.29, 1.82) is 0 Å². The fraction of sp³-hybridized carbons (Fsp3) is 0.944. The predicted octanol–water partition coefficient (Wildman–Crippen LogP) is 4.37. The molecular formula is C18H29IO2. The number of hydrogen-bond acceptors (Lipinski definition) is 2. The lowest BCUT2D eigenvalue weighted by molar-refractivity contribution is -0.149. The van der Waals surface area contributed by atoms with E-state index in [2.05, 4.69) is 50.3 Å². The van der Waals surface area contributed by atoms with Crippen LogP contribution in [0.25, 0.3) is 0 Å². The van der Waals surface area contributed by atoms with Crippen molar-refractivity contribution in [3.8, 4) is 0 Å². The normalized spacial score (nSPS) is 57.5. The van der Waals surface area contributed by atoms with Gasteiger partial charge in [-0.05, 0) is 61.7 Å². The molecule has 1 unspecified atom stereocenters. The van der Waals surface area contributed by atoms with Gasteiger partial charge in [-0.1, -0.05) is 43.4 Å². The molecule has 0 amide bonds. The Morgan fingerprint density at radius 3 is 2.48 bits per heavy atom. The molecule has 2 nitrogen and oxygen atoms in total. The zero-order chi connectivity index (χ0) is 15.6. The molecule has 3 aliphatic carbocycles. The van der Waals surface area contributed by atoms with Crippen LogP contribution >= 0.6 is 22.6 Å². The second-order valence-electron chi connectivity index (χ2n) is 8.59. The molecule has 3 saturated carbocycles. The fourth-order valence-corrected chi connectivity index (χ4v) is 6.77. The molecule has 0 aromatic rings. The van der Waals surface area contributed by atoms with Gasteiger partial charge in [0.2, 0.25) is 0 Å². The van der Waals surface area contributed by atoms with Gasteiger partial charge < -0.3 is 5.11 Å². The van der Waals surface area contributed by atoms with Crippen LogP contribution in [0.3, 0.4) is 0 Å². The highest BCUT2D eigenvalue weighted by Crippen LogP contribution is 2.67. The Hall–Kier alpha value is 0.360. The number of hydrogen-bond donors (Lipinski definition) is 1. The van der Waals surface area contributed by atoms with E-state index in [4.69, 9.17) is 0 Å². The topological polar surface area (TPSA) is 37.3 Å². The third-order valence-corrected chi connectivity index (χ3v) is 8.89. The standard InChI is InChI=1S/C18H29IO2/c1-11-5-7-18-8-6-13(20)14(18)16(11,3)9-10-17(4,19)15(21)12(18)2/h11-12,14-15,21H,5-10H2,1-4H3/t11-,12+,14?,15+,16-,17-,18+/m1/s1. The Labute approximate surface area is 142 Å². The maximum atomic E-state index is 12.8. The van der Waals surface area contributed by atoms with E-state index in [0.717, 1.165) is 32.1 Å². The van der Waals surface area contributed by atoms with Gasteiger partial charge in [0, 0.05) is 15.8 Å². The predicted molar refractivity (Wildman–Crippen MR) is 93.5 cm³/mol. The molecule has 3 heteroatoms. The summed E-state index contributed by atoms with van der Waals surface area (Å²) in [5, 5.41) is 11.0. The molecule has 0 aromatic heterocycles. The van der Waals surface area contributed by atoms with Gasteiger partial charge in [-0.15, -0.1) is 0 Å². The molecule has 0 aliphatic heterocycles. The average Bonchev–Trinajstić information content (AvgIpc) is 2.78. The van der Waals surface area contributed by atoms with Crippen molar-refractivity contribution in [3.63, 3.8) is 0 Å². The van der Waals surface area contributed by atoms with Crippen LogP contribution in [0.5, 0.6) is 0 Å². The van der Waals surface area contributed by atoms with E-state index in [-0.39, 0.29) is 32.2 Å². The van der Waals surface area contributed by atoms with E-state index < -0.39 is 0 Å². The molecule has 21 heavy (non-hydrogen) atoms. The second-order valence-corrected chi connectivity index (χ2v) is 11.1. The summed E-state index contributed by atoms with van der Waals surface area (Å²) < 4.78 is -0.0703. The highest BCUT2D eigenvalue weighted by Gasteiger charge is 2.64. The van der Waals surface area contributed by atoms with Crippen molar-refractivity contribution < 1.29 is 9.90 Å². The smallest absolute Gasteiger partial charge is 0.137 e. The lowest BCUT2D eigenvalue weighted by Gasteiger charge is -2.59. The minimum atomic E-state index is -0.301. The molecule has 1 N–H and O–H groups in total. The second kappa shape index (κ2) is 4.93. The van der Waals surface area contributed by atoms with Crippen LogP contribution in [-0.2, 0) is 4.79 Å². The van der Waals surface area contributed by atoms with Gasteiger partial charge in [-0.2, -0.15) is 0 Å². The van der Waals surface area contributed by atoms with Crippen LogP contribution in [0.15, 0.2) is 0 Å². The summed E-state index contributed by atoms with van der Waals surface area (Å²) in [6.45, 7) is 9.14. The molecule has 2 bridgehead atoms. The maximum Gasteiger partial charge on any atom is 0.137 e. The Balaban J connectivity index is 2.14. The summed E-state index contributed by atoms with van der Waals surface area (Å²) in [5.41, 5.74) is 0.192. The maximum absolute atomic E-state index is 12.8. The van der Waals surface area contributed by atoms with Crippen LogP contribution in [-0.4, -0.2) is 20.4 Å². The van der Waals surface area contributed by atoms with Gasteiger partial charge in [-0.25, -0.2) is 0 Å². The van der Waals surface area contributed by atoms with E-state index in [1.165, 1.54) is 6.42 Å². The summed E-state index contributed by atoms with van der Waals surface area (Å²) >= 11 is 2.47. The molecule has 3 aliphatic rings. The molecular weight excluding hydrogens is 375 g/mol. The molecule has 0 saturated heterocycles. The Kier molecular flexibility index (Phi) is 3.81. The first kappa shape index (κ1) is 16.2. The zero-order valence-corrected chi connectivity index (χ0v) is 15.9. The SMILES string of the molecule is C[C@@H]1CC[C@@]23CCC(=O)C2[C@]1(C)CC[C@@](C)(I)[C@@H](O)[C@@H]3C. The van der Waals surface area contributed by atoms with Crippen molar-refractivity contribution in [2.75, 3.05) is 0 Å². The number of aliphatic hydroxyl groups is 1. The fourth-order valence-electron chi connectivity index (χ4n) is 5.96. The molecule has 3 fully saturated rings. The highest BCUT2D eigenvalue weighted by molar-refractivity contribution is 14.1. The first-order valence-electron chi connectivity index (χ1n) is 8.55. The third-order valence-electron chi connectivity index (χ3n) is 7.71. The Bertz CT molecular complexity index is 460. The number of rotatable bonds is 0. The van der Waals surface area contributed by atoms with E-state index in [0.29, 0.717) is 11.7 Å². The third kappa shape index (κ3) is 2.09. The zero-order valence-electron chi connectivity index (χ0n) is 13.8. The first-order chi connectivity index (χ1) is 9.65. The number of Topliss-reactive ketones (excluding diaryl/α,β-unsaturated/α-hetero) is 1. The molecule has 0 spiro atoms. The number of alkyl halides is 1. The van der Waals surface area contributed by atoms with E-state index in [9.17, 15) is 9.90 Å². The molecule has 0 radical (unpaired) electrons. The molecule has 0 aromatic carbocycles. The monoisotopic (exact) mass is 404 g/mol. The summed E-state index contributed by atoms with van der Waals surface area (Å²) in [5.74, 6) is 1.52. The number of aliphatic hydroxyl groups excluding tert-OH is 1. The highest BCUT2D eigenvalue weighted by atomic mass is 127. The van der Waals surface area contributed by atoms with Crippen LogP contribution in [0.2, 0.25) is 0 Å². The van der Waals surface area contributed by atoms with Crippen LogP contribution in [0, 0.1) is 28.6 Å². The van der Waals surface area contributed by atoms with Gasteiger partial charge in [0.15, 0.2) is 0 Å². The minimum absolute atomic E-state index is 0.0601. The van der Waals surface area contributed by atoms with Crippen molar-refractivity contribution in [1.82, 2.24) is 0 Å². The van der Waals surface area contributed by atoms with Crippen molar-refractivity contribution >= 4 is 28.4 Å². The summed E-state index contributed by atoms with van der Waals surface area (Å²) in [4.78, 5) is 12.8. The lowest BCUT2D eigenvalue weighted by Crippen LogP contribution is -2.58. The van der Waals surface area contributed by atoms with Gasteiger partial charge in [0.05, 0.1) is 6.10 Å². The Morgan fingerprint density at radius 2 is 1.81 bits per heavy atom. The van der Waals surface area contributed by atoms with Crippen molar-refractivity contribution in [2.24, 2.45) is 28.6 Å². The van der Waals surface area contributed by atoms with E-state index in [1.54, 1.807) is 0 Å². The lowest BCUT2D eigenvalue weighted by atomic mass is 9.46. The summed E-state index contributed by atoms with van der Waals surface area (Å²) in [7, 11) is 0. The number of carbonyl (C=O) groups is 1. The molecule has 3 rings (SSSR count). The first-order valence-corrected chi connectivity index (χ1v) is 9.63. The van der Waals surface area contributed by atoms with Crippen LogP contribution in [0.1, 0.15) is 66.2 Å². The van der Waals surface area contributed by atoms with Gasteiger partial charge in [0.1, 0.15) is 5.78 Å². The van der Waals surface area contributed by atoms with Crippen LogP contribution in [0.4, 0.5) is 0 Å². The number of ketones is 1. The molecule has 7 atom stereocenters. The largest absolute Gasteiger partial charge is 0.391 e. The number of carbonyl (C=O) groups excluding carboxylic acids is 1. The van der Waals surface area contributed by atoms with Gasteiger partial charge >= 0.3 is 0 Å².